The molecule has 1 fully saturated rings. The lowest BCUT2D eigenvalue weighted by Gasteiger charge is -2.35. The quantitative estimate of drug-likeness (QED) is 0.707. The van der Waals surface area contributed by atoms with Crippen LogP contribution in [0.25, 0.3) is 0 Å². The Kier molecular flexibility index (Phi) is 6.27. The van der Waals surface area contributed by atoms with Crippen LogP contribution in [0.1, 0.15) is 59.8 Å². The molecule has 1 saturated carbocycles. The lowest BCUT2D eigenvalue weighted by atomic mass is 9.75. The average Bonchev–Trinajstić information content (AvgIpc) is 2.27. The van der Waals surface area contributed by atoms with Gasteiger partial charge >= 0.3 is 0 Å². The van der Waals surface area contributed by atoms with Gasteiger partial charge in [0.2, 0.25) is 10.0 Å². The summed E-state index contributed by atoms with van der Waals surface area (Å²) in [6, 6.07) is 0.113. The molecule has 4 nitrogen and oxygen atoms in total. The standard InChI is InChI=1S/C14H30N2O2S/c1-5-9-15-11-12(2)19(17,18)16-13-7-6-8-14(3,4)10-13/h12-13,15-16H,5-11H2,1-4H3. The summed E-state index contributed by atoms with van der Waals surface area (Å²) in [7, 11) is -3.20. The van der Waals surface area contributed by atoms with Crippen LogP contribution in [0.5, 0.6) is 0 Å². The molecule has 0 saturated heterocycles. The van der Waals surface area contributed by atoms with E-state index in [1.54, 1.807) is 6.92 Å². The summed E-state index contributed by atoms with van der Waals surface area (Å²) in [6.07, 6.45) is 5.25. The Hall–Kier alpha value is -0.130. The Morgan fingerprint density at radius 2 is 2.05 bits per heavy atom. The SMILES string of the molecule is CCCNCC(C)S(=O)(=O)NC1CCCC(C)(C)C1. The molecule has 5 heteroatoms. The van der Waals surface area contributed by atoms with Gasteiger partial charge in [-0.2, -0.15) is 0 Å². The molecule has 0 aromatic carbocycles. The van der Waals surface area contributed by atoms with E-state index in [0.717, 1.165) is 32.2 Å². The minimum absolute atomic E-state index is 0.113. The third-order valence-corrected chi connectivity index (χ3v) is 5.81. The zero-order valence-electron chi connectivity index (χ0n) is 12.8. The third-order valence-electron chi connectivity index (χ3n) is 3.92. The molecule has 0 aliphatic heterocycles. The van der Waals surface area contributed by atoms with E-state index in [-0.39, 0.29) is 16.7 Å². The molecule has 2 atom stereocenters. The number of sulfonamides is 1. The monoisotopic (exact) mass is 290 g/mol. The first-order valence-corrected chi connectivity index (χ1v) is 9.03. The summed E-state index contributed by atoms with van der Waals surface area (Å²) in [6.45, 7) is 9.70. The molecule has 2 N–H and O–H groups in total. The Balaban J connectivity index is 2.49. The van der Waals surface area contributed by atoms with Gasteiger partial charge in [-0.05, 0) is 44.6 Å². The Bertz CT molecular complexity index is 366. The first-order chi connectivity index (χ1) is 8.77. The van der Waals surface area contributed by atoms with Gasteiger partial charge in [-0.1, -0.05) is 27.2 Å². The fourth-order valence-corrected chi connectivity index (χ4v) is 3.97. The molecule has 0 bridgehead atoms. The maximum atomic E-state index is 12.3. The molecule has 0 amide bonds. The predicted molar refractivity (Wildman–Crippen MR) is 80.7 cm³/mol. The number of hydrogen-bond acceptors (Lipinski definition) is 3. The fourth-order valence-electron chi connectivity index (χ4n) is 2.74. The molecule has 1 aliphatic rings. The highest BCUT2D eigenvalue weighted by molar-refractivity contribution is 7.90. The van der Waals surface area contributed by atoms with Gasteiger partial charge in [-0.25, -0.2) is 13.1 Å². The number of rotatable bonds is 7. The first-order valence-electron chi connectivity index (χ1n) is 7.49. The van der Waals surface area contributed by atoms with Crippen molar-refractivity contribution in [3.05, 3.63) is 0 Å². The molecular weight excluding hydrogens is 260 g/mol. The zero-order valence-corrected chi connectivity index (χ0v) is 13.6. The van der Waals surface area contributed by atoms with E-state index in [9.17, 15) is 8.42 Å². The van der Waals surface area contributed by atoms with Gasteiger partial charge in [0.05, 0.1) is 5.25 Å². The van der Waals surface area contributed by atoms with Crippen LogP contribution in [0.15, 0.2) is 0 Å². The first kappa shape index (κ1) is 16.9. The van der Waals surface area contributed by atoms with E-state index in [0.29, 0.717) is 6.54 Å². The van der Waals surface area contributed by atoms with E-state index in [1.807, 2.05) is 0 Å². The predicted octanol–water partition coefficient (Wildman–Crippen LogP) is 2.26. The highest BCUT2D eigenvalue weighted by atomic mass is 32.2. The van der Waals surface area contributed by atoms with E-state index < -0.39 is 10.0 Å². The summed E-state index contributed by atoms with van der Waals surface area (Å²) in [5.74, 6) is 0. The smallest absolute Gasteiger partial charge is 0.215 e. The van der Waals surface area contributed by atoms with Gasteiger partial charge in [0.15, 0.2) is 0 Å². The lowest BCUT2D eigenvalue weighted by molar-refractivity contribution is 0.212. The zero-order chi connectivity index (χ0) is 14.5. The van der Waals surface area contributed by atoms with Crippen molar-refractivity contribution in [3.63, 3.8) is 0 Å². The second-order valence-corrected chi connectivity index (χ2v) is 8.77. The van der Waals surface area contributed by atoms with Crippen molar-refractivity contribution >= 4 is 10.0 Å². The van der Waals surface area contributed by atoms with Crippen LogP contribution in [0.4, 0.5) is 0 Å². The van der Waals surface area contributed by atoms with Gasteiger partial charge in [-0.3, -0.25) is 0 Å². The normalized spacial score (nSPS) is 25.2. The average molecular weight is 290 g/mol. The number of hydrogen-bond donors (Lipinski definition) is 2. The molecule has 0 aromatic heterocycles. The highest BCUT2D eigenvalue weighted by Crippen LogP contribution is 2.35. The molecule has 2 unspecified atom stereocenters. The molecular formula is C14H30N2O2S. The second-order valence-electron chi connectivity index (χ2n) is 6.64. The molecule has 19 heavy (non-hydrogen) atoms. The van der Waals surface area contributed by atoms with Crippen LogP contribution < -0.4 is 10.0 Å². The largest absolute Gasteiger partial charge is 0.315 e. The van der Waals surface area contributed by atoms with Crippen LogP contribution in [-0.4, -0.2) is 32.8 Å². The molecule has 1 aliphatic carbocycles. The van der Waals surface area contributed by atoms with Crippen LogP contribution in [0, 0.1) is 5.41 Å². The third kappa shape index (κ3) is 5.79. The van der Waals surface area contributed by atoms with Crippen LogP contribution in [-0.2, 0) is 10.0 Å². The van der Waals surface area contributed by atoms with E-state index in [2.05, 4.69) is 30.8 Å². The van der Waals surface area contributed by atoms with Crippen LogP contribution in [0.2, 0.25) is 0 Å². The summed E-state index contributed by atoms with van der Waals surface area (Å²) in [5.41, 5.74) is 0.259. The molecule has 0 radical (unpaired) electrons. The Morgan fingerprint density at radius 1 is 1.37 bits per heavy atom. The van der Waals surface area contributed by atoms with E-state index >= 15 is 0 Å². The van der Waals surface area contributed by atoms with E-state index in [4.69, 9.17) is 0 Å². The maximum absolute atomic E-state index is 12.3. The van der Waals surface area contributed by atoms with Crippen molar-refractivity contribution in [2.24, 2.45) is 5.41 Å². The van der Waals surface area contributed by atoms with Gasteiger partial charge in [0, 0.05) is 12.6 Å². The van der Waals surface area contributed by atoms with Crippen molar-refractivity contribution in [2.45, 2.75) is 71.1 Å². The number of nitrogens with one attached hydrogen (secondary N) is 2. The molecule has 114 valence electrons. The van der Waals surface area contributed by atoms with Crippen molar-refractivity contribution in [2.75, 3.05) is 13.1 Å². The van der Waals surface area contributed by atoms with Gasteiger partial charge in [0.1, 0.15) is 0 Å². The van der Waals surface area contributed by atoms with Crippen LogP contribution in [0.3, 0.4) is 0 Å². The lowest BCUT2D eigenvalue weighted by Crippen LogP contribution is -2.46. The van der Waals surface area contributed by atoms with Gasteiger partial charge in [-0.15, -0.1) is 0 Å². The van der Waals surface area contributed by atoms with E-state index in [1.165, 1.54) is 6.42 Å². The highest BCUT2D eigenvalue weighted by Gasteiger charge is 2.31. The summed E-state index contributed by atoms with van der Waals surface area (Å²) in [4.78, 5) is 0. The van der Waals surface area contributed by atoms with Gasteiger partial charge in [0.25, 0.3) is 0 Å². The summed E-state index contributed by atoms with van der Waals surface area (Å²) >= 11 is 0. The Morgan fingerprint density at radius 3 is 2.63 bits per heavy atom. The minimum atomic E-state index is -3.20. The topological polar surface area (TPSA) is 58.2 Å². The van der Waals surface area contributed by atoms with Crippen molar-refractivity contribution in [1.82, 2.24) is 10.0 Å². The second kappa shape index (κ2) is 7.04. The van der Waals surface area contributed by atoms with Crippen LogP contribution >= 0.6 is 0 Å². The minimum Gasteiger partial charge on any atom is -0.315 e. The Labute approximate surface area is 118 Å². The van der Waals surface area contributed by atoms with Crippen molar-refractivity contribution in [3.8, 4) is 0 Å². The summed E-state index contributed by atoms with van der Waals surface area (Å²) < 4.78 is 27.4. The van der Waals surface area contributed by atoms with Gasteiger partial charge < -0.3 is 5.32 Å². The van der Waals surface area contributed by atoms with Crippen molar-refractivity contribution in [1.29, 1.82) is 0 Å². The molecule has 0 heterocycles. The molecule has 0 spiro atoms. The summed E-state index contributed by atoms with van der Waals surface area (Å²) in [5, 5.41) is 2.80. The fraction of sp³-hybridized carbons (Fsp3) is 1.00. The van der Waals surface area contributed by atoms with Crippen molar-refractivity contribution < 1.29 is 8.42 Å². The maximum Gasteiger partial charge on any atom is 0.215 e. The molecule has 0 aromatic rings. The molecule has 1 rings (SSSR count).